The number of alkyl halides is 1. The molecular formula is C9H5BrClIS. The Labute approximate surface area is 108 Å². The molecule has 1 heterocycles. The molecule has 0 amide bonds. The summed E-state index contributed by atoms with van der Waals surface area (Å²) in [7, 11) is 0. The van der Waals surface area contributed by atoms with Crippen LogP contribution >= 0.6 is 61.5 Å². The summed E-state index contributed by atoms with van der Waals surface area (Å²) in [4.78, 5) is 1.22. The van der Waals surface area contributed by atoms with Crippen molar-refractivity contribution in [3.8, 4) is 0 Å². The Morgan fingerprint density at radius 2 is 2.23 bits per heavy atom. The number of halogens is 3. The van der Waals surface area contributed by atoms with Crippen LogP contribution in [-0.4, -0.2) is 0 Å². The van der Waals surface area contributed by atoms with Crippen LogP contribution in [0.5, 0.6) is 0 Å². The highest BCUT2D eigenvalue weighted by atomic mass is 127. The van der Waals surface area contributed by atoms with Crippen LogP contribution in [0.4, 0.5) is 0 Å². The van der Waals surface area contributed by atoms with Gasteiger partial charge in [0.15, 0.2) is 0 Å². The van der Waals surface area contributed by atoms with Crippen molar-refractivity contribution in [2.24, 2.45) is 0 Å². The summed E-state index contributed by atoms with van der Waals surface area (Å²) in [5, 5.41) is 1.27. The third kappa shape index (κ3) is 1.89. The van der Waals surface area contributed by atoms with Crippen LogP contribution < -0.4 is 0 Å². The average Bonchev–Trinajstić information content (AvgIpc) is 2.55. The summed E-state index contributed by atoms with van der Waals surface area (Å²) >= 11 is 13.4. The Hall–Kier alpha value is 0.680. The van der Waals surface area contributed by atoms with E-state index in [0.717, 1.165) is 0 Å². The molecule has 68 valence electrons. The predicted molar refractivity (Wildman–Crippen MR) is 71.8 cm³/mol. The first-order valence-electron chi connectivity index (χ1n) is 3.65. The van der Waals surface area contributed by atoms with Crippen LogP contribution in [0.2, 0.25) is 0 Å². The Kier molecular flexibility index (Phi) is 3.18. The summed E-state index contributed by atoms with van der Waals surface area (Å²) in [5.74, 6) is 0.600. The first-order chi connectivity index (χ1) is 6.22. The van der Waals surface area contributed by atoms with Crippen molar-refractivity contribution in [2.75, 3.05) is 0 Å². The molecule has 2 rings (SSSR count). The van der Waals surface area contributed by atoms with E-state index in [1.54, 1.807) is 11.3 Å². The number of hydrogen-bond acceptors (Lipinski definition) is 1. The lowest BCUT2D eigenvalue weighted by molar-refractivity contribution is 1.54. The molecule has 0 radical (unpaired) electrons. The van der Waals surface area contributed by atoms with E-state index in [4.69, 9.17) is 11.6 Å². The Morgan fingerprint density at radius 3 is 2.92 bits per heavy atom. The second-order valence-electron chi connectivity index (χ2n) is 2.63. The molecular weight excluding hydrogens is 382 g/mol. The molecule has 0 aliphatic heterocycles. The zero-order valence-electron chi connectivity index (χ0n) is 6.48. The van der Waals surface area contributed by atoms with Gasteiger partial charge in [0.25, 0.3) is 0 Å². The van der Waals surface area contributed by atoms with Gasteiger partial charge in [0, 0.05) is 17.6 Å². The van der Waals surface area contributed by atoms with E-state index in [9.17, 15) is 0 Å². The van der Waals surface area contributed by atoms with Crippen LogP contribution in [0.25, 0.3) is 10.1 Å². The van der Waals surface area contributed by atoms with Gasteiger partial charge < -0.3 is 0 Å². The number of fused-ring (bicyclic) bond motifs is 1. The van der Waals surface area contributed by atoms with Gasteiger partial charge in [-0.25, -0.2) is 0 Å². The largest absolute Gasteiger partial charge is 0.138 e. The second-order valence-corrected chi connectivity index (χ2v) is 5.99. The standard InChI is InChI=1S/C9H5BrClIS/c10-8-7(12)2-1-5-3-6(4-11)13-9(5)8/h1-3H,4H2. The molecule has 0 N–H and O–H groups in total. The molecule has 0 saturated heterocycles. The highest BCUT2D eigenvalue weighted by molar-refractivity contribution is 14.1. The van der Waals surface area contributed by atoms with Crippen molar-refractivity contribution in [3.63, 3.8) is 0 Å². The fourth-order valence-corrected chi connectivity index (χ4v) is 3.59. The topological polar surface area (TPSA) is 0 Å². The van der Waals surface area contributed by atoms with Crippen LogP contribution in [0, 0.1) is 3.57 Å². The third-order valence-corrected chi connectivity index (χ3v) is 6.10. The number of thiophene rings is 1. The van der Waals surface area contributed by atoms with Crippen molar-refractivity contribution >= 4 is 71.5 Å². The van der Waals surface area contributed by atoms with Gasteiger partial charge in [0.05, 0.1) is 5.88 Å². The van der Waals surface area contributed by atoms with Gasteiger partial charge in [-0.1, -0.05) is 6.07 Å². The van der Waals surface area contributed by atoms with Crippen molar-refractivity contribution in [1.82, 2.24) is 0 Å². The first kappa shape index (κ1) is 10.2. The van der Waals surface area contributed by atoms with Crippen LogP contribution in [0.15, 0.2) is 22.7 Å². The lowest BCUT2D eigenvalue weighted by Gasteiger charge is -1.95. The molecule has 1 aromatic carbocycles. The van der Waals surface area contributed by atoms with E-state index in [0.29, 0.717) is 5.88 Å². The van der Waals surface area contributed by atoms with Crippen LogP contribution in [-0.2, 0) is 5.88 Å². The van der Waals surface area contributed by atoms with Crippen molar-refractivity contribution < 1.29 is 0 Å². The highest BCUT2D eigenvalue weighted by Crippen LogP contribution is 2.35. The van der Waals surface area contributed by atoms with Crippen molar-refractivity contribution in [1.29, 1.82) is 0 Å². The molecule has 4 heteroatoms. The SMILES string of the molecule is ClCc1cc2ccc(I)c(Br)c2s1. The Balaban J connectivity index is 2.76. The summed E-state index contributed by atoms with van der Waals surface area (Å²) < 4.78 is 3.72. The van der Waals surface area contributed by atoms with Gasteiger partial charge in [-0.15, -0.1) is 22.9 Å². The molecule has 0 unspecified atom stereocenters. The van der Waals surface area contributed by atoms with E-state index >= 15 is 0 Å². The maximum Gasteiger partial charge on any atom is 0.0568 e. The lowest BCUT2D eigenvalue weighted by Crippen LogP contribution is -1.72. The Morgan fingerprint density at radius 1 is 1.46 bits per heavy atom. The molecule has 0 fully saturated rings. The van der Waals surface area contributed by atoms with Crippen LogP contribution in [0.1, 0.15) is 4.88 Å². The normalized spacial score (nSPS) is 11.0. The summed E-state index contributed by atoms with van der Waals surface area (Å²) in [6, 6.07) is 6.39. The van der Waals surface area contributed by atoms with E-state index in [2.05, 4.69) is 56.7 Å². The van der Waals surface area contributed by atoms with E-state index in [1.165, 1.54) is 23.0 Å². The minimum absolute atomic E-state index is 0.600. The fourth-order valence-electron chi connectivity index (χ4n) is 1.16. The minimum Gasteiger partial charge on any atom is -0.138 e. The zero-order chi connectivity index (χ0) is 9.42. The highest BCUT2D eigenvalue weighted by Gasteiger charge is 2.06. The van der Waals surface area contributed by atoms with Gasteiger partial charge in [-0.2, -0.15) is 0 Å². The molecule has 0 spiro atoms. The van der Waals surface area contributed by atoms with E-state index < -0.39 is 0 Å². The summed E-state index contributed by atoms with van der Waals surface area (Å²) in [5.41, 5.74) is 0. The quantitative estimate of drug-likeness (QED) is 0.477. The van der Waals surface area contributed by atoms with Gasteiger partial charge in [-0.3, -0.25) is 0 Å². The molecule has 1 aromatic heterocycles. The van der Waals surface area contributed by atoms with Gasteiger partial charge >= 0.3 is 0 Å². The average molecular weight is 387 g/mol. The van der Waals surface area contributed by atoms with Crippen molar-refractivity contribution in [3.05, 3.63) is 31.1 Å². The number of rotatable bonds is 1. The minimum atomic E-state index is 0.600. The molecule has 0 saturated carbocycles. The maximum absolute atomic E-state index is 5.78. The molecule has 0 aliphatic rings. The number of benzene rings is 1. The van der Waals surface area contributed by atoms with E-state index in [-0.39, 0.29) is 0 Å². The third-order valence-electron chi connectivity index (χ3n) is 1.76. The predicted octanol–water partition coefficient (Wildman–Crippen LogP) is 5.01. The van der Waals surface area contributed by atoms with Crippen molar-refractivity contribution in [2.45, 2.75) is 5.88 Å². The monoisotopic (exact) mass is 386 g/mol. The maximum atomic E-state index is 5.78. The second kappa shape index (κ2) is 4.04. The number of hydrogen-bond donors (Lipinski definition) is 0. The molecule has 0 nitrogen and oxygen atoms in total. The molecule has 0 atom stereocenters. The summed E-state index contributed by atoms with van der Waals surface area (Å²) in [6.45, 7) is 0. The smallest absolute Gasteiger partial charge is 0.0568 e. The summed E-state index contributed by atoms with van der Waals surface area (Å²) in [6.07, 6.45) is 0. The molecule has 13 heavy (non-hydrogen) atoms. The Bertz CT molecular complexity index is 452. The first-order valence-corrected chi connectivity index (χ1v) is 6.87. The van der Waals surface area contributed by atoms with Gasteiger partial charge in [-0.05, 0) is 56.0 Å². The molecule has 0 bridgehead atoms. The van der Waals surface area contributed by atoms with Gasteiger partial charge in [0.1, 0.15) is 0 Å². The zero-order valence-corrected chi connectivity index (χ0v) is 11.8. The lowest BCUT2D eigenvalue weighted by atomic mass is 10.2. The molecule has 0 aliphatic carbocycles. The van der Waals surface area contributed by atoms with E-state index in [1.807, 2.05) is 0 Å². The van der Waals surface area contributed by atoms with Crippen LogP contribution in [0.3, 0.4) is 0 Å². The molecule has 2 aromatic rings. The fraction of sp³-hybridized carbons (Fsp3) is 0.111. The van der Waals surface area contributed by atoms with Gasteiger partial charge in [0.2, 0.25) is 0 Å².